The van der Waals surface area contributed by atoms with Gasteiger partial charge in [-0.3, -0.25) is 4.98 Å². The van der Waals surface area contributed by atoms with Gasteiger partial charge in [0.25, 0.3) is 0 Å². The highest BCUT2D eigenvalue weighted by atomic mass is 32.2. The molecule has 6 nitrogen and oxygen atoms in total. The largest absolute Gasteiger partial charge is 0.492 e. The van der Waals surface area contributed by atoms with E-state index in [1.807, 2.05) is 31.2 Å². The quantitative estimate of drug-likeness (QED) is 0.761. The smallest absolute Gasteiger partial charge is 0.243 e. The molecule has 4 rings (SSSR count). The minimum atomic E-state index is -3.46. The van der Waals surface area contributed by atoms with Gasteiger partial charge in [-0.15, -0.1) is 0 Å². The molecule has 2 fully saturated rings. The summed E-state index contributed by atoms with van der Waals surface area (Å²) in [6.45, 7) is 4.03. The molecule has 0 N–H and O–H groups in total. The zero-order valence-electron chi connectivity index (χ0n) is 15.4. The fourth-order valence-corrected chi connectivity index (χ4v) is 5.43. The number of rotatable bonds is 6. The number of aryl methyl sites for hydroxylation is 1. The Morgan fingerprint density at radius 3 is 2.74 bits per heavy atom. The number of pyridine rings is 1. The van der Waals surface area contributed by atoms with Gasteiger partial charge >= 0.3 is 0 Å². The number of hydrogen-bond acceptors (Lipinski definition) is 5. The molecule has 2 aromatic rings. The number of aromatic nitrogens is 1. The molecule has 0 bridgehead atoms. The van der Waals surface area contributed by atoms with Crippen LogP contribution in [-0.2, 0) is 14.8 Å². The van der Waals surface area contributed by atoms with Crippen LogP contribution in [0, 0.1) is 12.8 Å². The molecule has 1 spiro atoms. The summed E-state index contributed by atoms with van der Waals surface area (Å²) >= 11 is 0. The average molecular weight is 388 g/mol. The van der Waals surface area contributed by atoms with E-state index < -0.39 is 10.0 Å². The van der Waals surface area contributed by atoms with Crippen molar-refractivity contribution < 1.29 is 17.9 Å². The lowest BCUT2D eigenvalue weighted by Gasteiger charge is -2.49. The SMILES string of the molecule is Cc1ccc(S(=O)(=O)N2CC3(C2)OCC[C@H]3CCOc2cccnc2)cc1. The Kier molecular flexibility index (Phi) is 4.92. The zero-order valence-corrected chi connectivity index (χ0v) is 16.2. The highest BCUT2D eigenvalue weighted by Crippen LogP contribution is 2.43. The Morgan fingerprint density at radius 1 is 1.26 bits per heavy atom. The molecule has 0 unspecified atom stereocenters. The van der Waals surface area contributed by atoms with Gasteiger partial charge in [-0.25, -0.2) is 8.42 Å². The topological polar surface area (TPSA) is 68.7 Å². The normalized spacial score (nSPS) is 21.9. The van der Waals surface area contributed by atoms with E-state index in [1.54, 1.807) is 24.5 Å². The average Bonchev–Trinajstić information content (AvgIpc) is 3.06. The lowest BCUT2D eigenvalue weighted by Crippen LogP contribution is -2.66. The standard InChI is InChI=1S/C20H24N2O4S/c1-16-4-6-19(7-5-16)27(23,24)22-14-20(15-22)17(9-12-26-20)8-11-25-18-3-2-10-21-13-18/h2-7,10,13,17H,8-9,11-12,14-15H2,1H3/t17-/m1/s1. The van der Waals surface area contributed by atoms with Crippen molar-refractivity contribution in [3.8, 4) is 5.75 Å². The third-order valence-electron chi connectivity index (χ3n) is 5.52. The first-order valence-electron chi connectivity index (χ1n) is 9.23. The summed E-state index contributed by atoms with van der Waals surface area (Å²) in [6.07, 6.45) is 5.19. The van der Waals surface area contributed by atoms with Crippen LogP contribution in [0.15, 0.2) is 53.7 Å². The molecule has 0 radical (unpaired) electrons. The first-order chi connectivity index (χ1) is 13.0. The molecule has 27 heavy (non-hydrogen) atoms. The van der Waals surface area contributed by atoms with Crippen molar-refractivity contribution in [1.82, 2.24) is 9.29 Å². The second kappa shape index (κ2) is 7.22. The van der Waals surface area contributed by atoms with E-state index in [1.165, 1.54) is 4.31 Å². The van der Waals surface area contributed by atoms with E-state index in [0.717, 1.165) is 24.2 Å². The van der Waals surface area contributed by atoms with Gasteiger partial charge < -0.3 is 9.47 Å². The Hall–Kier alpha value is -1.96. The molecule has 7 heteroatoms. The van der Waals surface area contributed by atoms with Crippen LogP contribution in [0.1, 0.15) is 18.4 Å². The van der Waals surface area contributed by atoms with Crippen molar-refractivity contribution in [3.05, 3.63) is 54.4 Å². The fourth-order valence-electron chi connectivity index (χ4n) is 3.87. The molecule has 2 aliphatic rings. The van der Waals surface area contributed by atoms with Crippen LogP contribution in [0.4, 0.5) is 0 Å². The van der Waals surface area contributed by atoms with Gasteiger partial charge in [0, 0.05) is 25.9 Å². The monoisotopic (exact) mass is 388 g/mol. The van der Waals surface area contributed by atoms with Gasteiger partial charge in [0.2, 0.25) is 10.0 Å². The lowest BCUT2D eigenvalue weighted by molar-refractivity contribution is -0.104. The molecular weight excluding hydrogens is 364 g/mol. The molecular formula is C20H24N2O4S. The Labute approximate surface area is 160 Å². The maximum atomic E-state index is 12.8. The molecule has 0 aliphatic carbocycles. The number of hydrogen-bond donors (Lipinski definition) is 0. The van der Waals surface area contributed by atoms with Crippen molar-refractivity contribution in [2.75, 3.05) is 26.3 Å². The molecule has 2 aliphatic heterocycles. The van der Waals surface area contributed by atoms with Gasteiger partial charge in [-0.05, 0) is 49.9 Å². The number of benzene rings is 1. The van der Waals surface area contributed by atoms with E-state index >= 15 is 0 Å². The Balaban J connectivity index is 1.36. The fraction of sp³-hybridized carbons (Fsp3) is 0.450. The summed E-state index contributed by atoms with van der Waals surface area (Å²) in [5, 5.41) is 0. The third-order valence-corrected chi connectivity index (χ3v) is 7.32. The Morgan fingerprint density at radius 2 is 2.04 bits per heavy atom. The van der Waals surface area contributed by atoms with Gasteiger partial charge in [-0.1, -0.05) is 17.7 Å². The summed E-state index contributed by atoms with van der Waals surface area (Å²) < 4.78 is 38.9. The predicted octanol–water partition coefficient (Wildman–Crippen LogP) is 2.64. The van der Waals surface area contributed by atoms with E-state index in [4.69, 9.17) is 9.47 Å². The molecule has 1 aromatic heterocycles. The van der Waals surface area contributed by atoms with E-state index in [-0.39, 0.29) is 5.60 Å². The summed E-state index contributed by atoms with van der Waals surface area (Å²) in [4.78, 5) is 4.38. The third kappa shape index (κ3) is 3.59. The van der Waals surface area contributed by atoms with E-state index in [2.05, 4.69) is 4.98 Å². The van der Waals surface area contributed by atoms with Gasteiger partial charge in [0.1, 0.15) is 5.75 Å². The first-order valence-corrected chi connectivity index (χ1v) is 10.7. The van der Waals surface area contributed by atoms with Crippen molar-refractivity contribution in [2.45, 2.75) is 30.3 Å². The number of ether oxygens (including phenoxy) is 2. The van der Waals surface area contributed by atoms with Crippen molar-refractivity contribution in [1.29, 1.82) is 0 Å². The second-order valence-electron chi connectivity index (χ2n) is 7.31. The maximum absolute atomic E-state index is 12.8. The van der Waals surface area contributed by atoms with Crippen LogP contribution in [0.25, 0.3) is 0 Å². The highest BCUT2D eigenvalue weighted by Gasteiger charge is 2.56. The van der Waals surface area contributed by atoms with Crippen LogP contribution in [0.3, 0.4) is 0 Å². The molecule has 3 heterocycles. The van der Waals surface area contributed by atoms with Gasteiger partial charge in [0.15, 0.2) is 0 Å². The maximum Gasteiger partial charge on any atom is 0.243 e. The molecule has 1 aromatic carbocycles. The van der Waals surface area contributed by atoms with Crippen LogP contribution in [0.2, 0.25) is 0 Å². The van der Waals surface area contributed by atoms with Crippen LogP contribution in [0.5, 0.6) is 5.75 Å². The van der Waals surface area contributed by atoms with Crippen molar-refractivity contribution in [3.63, 3.8) is 0 Å². The second-order valence-corrected chi connectivity index (χ2v) is 9.25. The van der Waals surface area contributed by atoms with Gasteiger partial charge in [-0.2, -0.15) is 4.31 Å². The van der Waals surface area contributed by atoms with Crippen molar-refractivity contribution in [2.24, 2.45) is 5.92 Å². The summed E-state index contributed by atoms with van der Waals surface area (Å²) in [7, 11) is -3.46. The Bertz CT molecular complexity index is 878. The summed E-state index contributed by atoms with van der Waals surface area (Å²) in [5.74, 6) is 1.06. The highest BCUT2D eigenvalue weighted by molar-refractivity contribution is 7.89. The number of sulfonamides is 1. The number of nitrogens with zero attached hydrogens (tertiary/aromatic N) is 2. The minimum absolute atomic E-state index is 0.304. The zero-order chi connectivity index (χ0) is 18.9. The summed E-state index contributed by atoms with van der Waals surface area (Å²) in [5.41, 5.74) is 0.678. The van der Waals surface area contributed by atoms with Crippen LogP contribution < -0.4 is 4.74 Å². The molecule has 2 saturated heterocycles. The van der Waals surface area contributed by atoms with Crippen molar-refractivity contribution >= 4 is 10.0 Å². The summed E-state index contributed by atoms with van der Waals surface area (Å²) in [6, 6.07) is 10.7. The van der Waals surface area contributed by atoms with Crippen LogP contribution in [-0.4, -0.2) is 49.6 Å². The molecule has 144 valence electrons. The lowest BCUT2D eigenvalue weighted by atomic mass is 9.80. The van der Waals surface area contributed by atoms with Gasteiger partial charge in [0.05, 0.1) is 23.3 Å². The molecule has 0 saturated carbocycles. The molecule has 1 atom stereocenters. The van der Waals surface area contributed by atoms with E-state index in [0.29, 0.717) is 37.1 Å². The minimum Gasteiger partial charge on any atom is -0.492 e. The van der Waals surface area contributed by atoms with Crippen LogP contribution >= 0.6 is 0 Å². The predicted molar refractivity (Wildman–Crippen MR) is 101 cm³/mol. The molecule has 0 amide bonds. The first kappa shape index (κ1) is 18.4. The van der Waals surface area contributed by atoms with E-state index in [9.17, 15) is 8.42 Å².